The molecular formula is C58H62FN9O6S. The number of nitrogens with zero attached hydrogens (tertiary/aromatic N) is 7. The van der Waals surface area contributed by atoms with E-state index in [0.717, 1.165) is 95.4 Å². The van der Waals surface area contributed by atoms with Crippen LogP contribution in [-0.4, -0.2) is 98.3 Å². The molecule has 2 unspecified atom stereocenters. The Balaban J connectivity index is 0.658. The van der Waals surface area contributed by atoms with Crippen molar-refractivity contribution >= 4 is 72.8 Å². The van der Waals surface area contributed by atoms with Gasteiger partial charge < -0.3 is 19.6 Å². The first-order chi connectivity index (χ1) is 36.3. The molecule has 2 saturated heterocycles. The second kappa shape index (κ2) is 21.2. The summed E-state index contributed by atoms with van der Waals surface area (Å²) in [6.45, 7) is 8.51. The van der Waals surface area contributed by atoms with Crippen molar-refractivity contribution in [3.63, 3.8) is 0 Å². The normalized spacial score (nSPS) is 20.3. The topological polar surface area (TPSA) is 175 Å². The van der Waals surface area contributed by atoms with Crippen molar-refractivity contribution in [1.29, 1.82) is 0 Å². The van der Waals surface area contributed by atoms with Crippen LogP contribution in [0.1, 0.15) is 114 Å². The summed E-state index contributed by atoms with van der Waals surface area (Å²) in [7, 11) is 1.81. The number of piperazine rings is 1. The van der Waals surface area contributed by atoms with Crippen molar-refractivity contribution in [3.8, 4) is 16.9 Å². The van der Waals surface area contributed by atoms with Crippen LogP contribution in [0, 0.1) is 18.7 Å². The van der Waals surface area contributed by atoms with E-state index in [4.69, 9.17) is 9.72 Å². The summed E-state index contributed by atoms with van der Waals surface area (Å²) in [5.41, 5.74) is 7.34. The largest absolute Gasteiger partial charge is 0.490 e. The van der Waals surface area contributed by atoms with E-state index in [9.17, 15) is 24.3 Å². The number of piperidine rings is 1. The number of halogens is 1. The van der Waals surface area contributed by atoms with Gasteiger partial charge in [-0.1, -0.05) is 60.6 Å². The van der Waals surface area contributed by atoms with Crippen LogP contribution < -0.4 is 25.2 Å². The Bertz CT molecular complexity index is 3320. The SMILES string of the molecule is Cc1c(OC2CCC(CCCCN3CCN(c4cc5c(cc4F)c(C4CCC(=O)NC4=O)nn5C)CC3C)CC2)cccc1-c1ccc(N2CCc3cccc(C(=O)Nc4nc5ccccc5s4)c3C2)nc1C(=O)O. The average Bonchev–Trinajstić information content (AvgIpc) is 3.97. The lowest BCUT2D eigenvalue weighted by atomic mass is 9.84. The number of carboxylic acid groups (broad SMARTS) is 1. The first kappa shape index (κ1) is 49.9. The number of rotatable bonds is 14. The number of imide groups is 1. The minimum Gasteiger partial charge on any atom is -0.490 e. The molecule has 17 heteroatoms. The number of fused-ring (bicyclic) bond motifs is 3. The number of carbonyl (C=O) groups is 4. The van der Waals surface area contributed by atoms with Crippen molar-refractivity contribution in [1.82, 2.24) is 30.0 Å². The van der Waals surface area contributed by atoms with Crippen molar-refractivity contribution < 1.29 is 33.4 Å². The van der Waals surface area contributed by atoms with E-state index in [-0.39, 0.29) is 47.8 Å². The van der Waals surface area contributed by atoms with Gasteiger partial charge in [-0.2, -0.15) is 5.10 Å². The number of para-hydroxylation sites is 1. The predicted molar refractivity (Wildman–Crippen MR) is 289 cm³/mol. The van der Waals surface area contributed by atoms with E-state index in [0.29, 0.717) is 83.8 Å². The van der Waals surface area contributed by atoms with Gasteiger partial charge in [0.05, 0.1) is 39.1 Å². The minimum atomic E-state index is -1.11. The summed E-state index contributed by atoms with van der Waals surface area (Å²) in [4.78, 5) is 67.0. The Morgan fingerprint density at radius 1 is 0.893 bits per heavy atom. The van der Waals surface area contributed by atoms with E-state index in [1.807, 2.05) is 97.7 Å². The van der Waals surface area contributed by atoms with Gasteiger partial charge in [0, 0.05) is 68.7 Å². The second-order valence-corrected chi connectivity index (χ2v) is 21.8. The monoisotopic (exact) mass is 1030 g/mol. The van der Waals surface area contributed by atoms with Crippen LogP contribution in [0.4, 0.5) is 21.0 Å². The molecule has 3 fully saturated rings. The number of amides is 3. The molecule has 3 aromatic heterocycles. The molecule has 0 radical (unpaired) electrons. The third-order valence-corrected chi connectivity index (χ3v) is 17.0. The van der Waals surface area contributed by atoms with E-state index in [2.05, 4.69) is 37.4 Å². The average molecular weight is 1030 g/mol. The number of aryl methyl sites for hydroxylation is 1. The maximum Gasteiger partial charge on any atom is 0.355 e. The Kier molecular flexibility index (Phi) is 14.1. The third kappa shape index (κ3) is 10.3. The molecular weight excluding hydrogens is 970 g/mol. The van der Waals surface area contributed by atoms with Gasteiger partial charge in [-0.25, -0.2) is 19.2 Å². The highest BCUT2D eigenvalue weighted by molar-refractivity contribution is 7.22. The number of hydrogen-bond donors (Lipinski definition) is 3. The molecule has 11 rings (SSSR count). The summed E-state index contributed by atoms with van der Waals surface area (Å²) >= 11 is 1.43. The number of thiazole rings is 1. The predicted octanol–water partition coefficient (Wildman–Crippen LogP) is 10.0. The van der Waals surface area contributed by atoms with Crippen LogP contribution in [0.15, 0.2) is 84.9 Å². The fraction of sp³-hybridized carbons (Fsp3) is 0.397. The molecule has 4 aliphatic rings. The summed E-state index contributed by atoms with van der Waals surface area (Å²) in [5.74, 6) is -0.976. The molecule has 1 saturated carbocycles. The second-order valence-electron chi connectivity index (χ2n) is 20.8. The van der Waals surface area contributed by atoms with Gasteiger partial charge in [-0.3, -0.25) is 34.6 Å². The number of ether oxygens (including phenoxy) is 1. The van der Waals surface area contributed by atoms with Crippen molar-refractivity contribution in [2.24, 2.45) is 13.0 Å². The molecule has 15 nitrogen and oxygen atoms in total. The van der Waals surface area contributed by atoms with Crippen LogP contribution in [0.2, 0.25) is 0 Å². The molecule has 0 spiro atoms. The molecule has 3 N–H and O–H groups in total. The van der Waals surface area contributed by atoms with Crippen LogP contribution in [-0.2, 0) is 29.6 Å². The number of carbonyl (C=O) groups excluding carboxylic acids is 3. The molecule has 2 atom stereocenters. The summed E-state index contributed by atoms with van der Waals surface area (Å²) in [5, 5.41) is 21.7. The Morgan fingerprint density at radius 3 is 2.52 bits per heavy atom. The summed E-state index contributed by atoms with van der Waals surface area (Å²) in [6, 6.07) is 26.7. The number of nitrogens with one attached hydrogen (secondary N) is 2. The molecule has 7 aromatic rings. The van der Waals surface area contributed by atoms with Gasteiger partial charge in [0.2, 0.25) is 11.8 Å². The van der Waals surface area contributed by atoms with Crippen molar-refractivity contribution in [3.05, 3.63) is 124 Å². The lowest BCUT2D eigenvalue weighted by Crippen LogP contribution is -2.52. The lowest BCUT2D eigenvalue weighted by molar-refractivity contribution is -0.134. The number of aromatic carboxylic acids is 1. The molecule has 0 bridgehead atoms. The molecule has 6 heterocycles. The zero-order valence-electron chi connectivity index (χ0n) is 42.6. The fourth-order valence-corrected chi connectivity index (χ4v) is 12.7. The van der Waals surface area contributed by atoms with Gasteiger partial charge >= 0.3 is 5.97 Å². The molecule has 4 aromatic carbocycles. The van der Waals surface area contributed by atoms with Crippen molar-refractivity contribution in [2.45, 2.75) is 103 Å². The Hall–Kier alpha value is -7.24. The van der Waals surface area contributed by atoms with E-state index < -0.39 is 11.9 Å². The first-order valence-corrected chi connectivity index (χ1v) is 27.2. The molecule has 1 aliphatic carbocycles. The number of benzene rings is 4. The fourth-order valence-electron chi connectivity index (χ4n) is 11.9. The number of anilines is 3. The number of pyridine rings is 1. The molecule has 3 amide bonds. The zero-order valence-corrected chi connectivity index (χ0v) is 43.4. The molecule has 3 aliphatic heterocycles. The van der Waals surface area contributed by atoms with Gasteiger partial charge in [0.1, 0.15) is 17.4 Å². The van der Waals surface area contributed by atoms with Gasteiger partial charge in [0.15, 0.2) is 10.8 Å². The number of unbranched alkanes of at least 4 members (excludes halogenated alkanes) is 1. The van der Waals surface area contributed by atoms with E-state index in [1.54, 1.807) is 4.68 Å². The summed E-state index contributed by atoms with van der Waals surface area (Å²) < 4.78 is 25.2. The standard InChI is InChI=1S/C58H62FN9O6S/c1-34-32-67(48-31-47-43(30-45(48)59)53(64-65(47)3)42-22-24-52(69)62-56(42)71)29-28-66(34)26-7-6-10-36-17-19-38(20-18-36)74-49-15-9-12-39(35(49)2)40-21-23-51(61-54(40)57(72)73)68-27-25-37-11-8-13-41(44(37)33-68)55(70)63-58-60-46-14-4-5-16-50(46)75-58/h4-5,8-9,11-16,21,23,30-31,34,36,38,42H,6-7,10,17-20,22,24-29,32-33H2,1-3H3,(H,72,73)(H,60,63,70)(H,62,69,71). The van der Waals surface area contributed by atoms with Crippen molar-refractivity contribution in [2.75, 3.05) is 47.8 Å². The maximum absolute atomic E-state index is 15.8. The third-order valence-electron chi connectivity index (χ3n) is 16.0. The number of hydrogen-bond acceptors (Lipinski definition) is 12. The van der Waals surface area contributed by atoms with Crippen LogP contribution in [0.25, 0.3) is 32.2 Å². The highest BCUT2D eigenvalue weighted by Gasteiger charge is 2.34. The van der Waals surface area contributed by atoms with E-state index in [1.165, 1.54) is 23.8 Å². The molecule has 388 valence electrons. The van der Waals surface area contributed by atoms with E-state index >= 15 is 4.39 Å². The van der Waals surface area contributed by atoms with Gasteiger partial charge in [-0.05, 0) is 142 Å². The van der Waals surface area contributed by atoms with Gasteiger partial charge in [0.25, 0.3) is 5.91 Å². The highest BCUT2D eigenvalue weighted by atomic mass is 32.1. The minimum absolute atomic E-state index is 0.0309. The Labute approximate surface area is 439 Å². The van der Waals surface area contributed by atoms with Gasteiger partial charge in [-0.15, -0.1) is 0 Å². The molecule has 75 heavy (non-hydrogen) atoms. The zero-order chi connectivity index (χ0) is 51.9. The van der Waals surface area contributed by atoms with Crippen LogP contribution in [0.5, 0.6) is 5.75 Å². The van der Waals surface area contributed by atoms with Crippen LogP contribution >= 0.6 is 11.3 Å². The smallest absolute Gasteiger partial charge is 0.355 e. The number of carboxylic acids is 1. The summed E-state index contributed by atoms with van der Waals surface area (Å²) in [6.07, 6.45) is 8.94. The first-order valence-electron chi connectivity index (χ1n) is 26.4. The quantitative estimate of drug-likeness (QED) is 0.0696. The highest BCUT2D eigenvalue weighted by Crippen LogP contribution is 2.39. The lowest BCUT2D eigenvalue weighted by Gasteiger charge is -2.41. The maximum atomic E-state index is 15.8. The Morgan fingerprint density at radius 2 is 1.72 bits per heavy atom. The number of aromatic nitrogens is 4. The van der Waals surface area contributed by atoms with Crippen LogP contribution in [0.3, 0.4) is 0 Å².